The molecule has 0 spiro atoms. The highest BCUT2D eigenvalue weighted by Crippen LogP contribution is 2.33. The third-order valence-corrected chi connectivity index (χ3v) is 4.15. The van der Waals surface area contributed by atoms with E-state index in [1.807, 2.05) is 31.1 Å². The smallest absolute Gasteiger partial charge is 0.244 e. The van der Waals surface area contributed by atoms with Crippen LogP contribution in [-0.4, -0.2) is 46.7 Å². The molecule has 0 amide bonds. The molecule has 0 unspecified atom stereocenters. The average Bonchev–Trinajstić information content (AvgIpc) is 3.16. The molecular weight excluding hydrogens is 278 g/mol. The maximum absolute atomic E-state index is 5.52. The van der Waals surface area contributed by atoms with Crippen molar-refractivity contribution in [3.05, 3.63) is 24.2 Å². The molecule has 0 radical (unpaired) electrons. The number of aromatic nitrogens is 3. The van der Waals surface area contributed by atoms with Gasteiger partial charge in [-0.05, 0) is 45.4 Å². The Balaban J connectivity index is 1.81. The molecule has 22 heavy (non-hydrogen) atoms. The summed E-state index contributed by atoms with van der Waals surface area (Å²) >= 11 is 0. The summed E-state index contributed by atoms with van der Waals surface area (Å²) in [6.45, 7) is 5.51. The molecule has 6 heteroatoms. The summed E-state index contributed by atoms with van der Waals surface area (Å²) < 4.78 is 5.52. The van der Waals surface area contributed by atoms with Gasteiger partial charge in [0, 0.05) is 31.9 Å². The van der Waals surface area contributed by atoms with Gasteiger partial charge in [-0.1, -0.05) is 5.16 Å². The Kier molecular flexibility index (Phi) is 4.11. The van der Waals surface area contributed by atoms with E-state index in [2.05, 4.69) is 33.9 Å². The van der Waals surface area contributed by atoms with Crippen molar-refractivity contribution >= 4 is 5.82 Å². The zero-order valence-corrected chi connectivity index (χ0v) is 13.7. The molecule has 0 saturated carbocycles. The number of rotatable bonds is 4. The predicted octanol–water partition coefficient (Wildman–Crippen LogP) is 2.74. The molecule has 1 fully saturated rings. The van der Waals surface area contributed by atoms with Gasteiger partial charge in [0.25, 0.3) is 0 Å². The van der Waals surface area contributed by atoms with E-state index in [-0.39, 0.29) is 6.04 Å². The summed E-state index contributed by atoms with van der Waals surface area (Å²) in [5.74, 6) is 2.25. The normalized spacial score (nSPS) is 19.0. The molecule has 1 atom stereocenters. The zero-order chi connectivity index (χ0) is 15.7. The lowest BCUT2D eigenvalue weighted by Crippen LogP contribution is -2.30. The van der Waals surface area contributed by atoms with Gasteiger partial charge in [-0.25, -0.2) is 4.98 Å². The van der Waals surface area contributed by atoms with Crippen LogP contribution in [0.15, 0.2) is 22.9 Å². The van der Waals surface area contributed by atoms with Crippen molar-refractivity contribution in [1.82, 2.24) is 20.0 Å². The summed E-state index contributed by atoms with van der Waals surface area (Å²) in [6.07, 6.45) is 4.05. The Labute approximate surface area is 131 Å². The van der Waals surface area contributed by atoms with Crippen molar-refractivity contribution in [3.63, 3.8) is 0 Å². The fourth-order valence-electron chi connectivity index (χ4n) is 2.94. The van der Waals surface area contributed by atoms with Crippen LogP contribution >= 0.6 is 0 Å². The molecule has 0 bridgehead atoms. The minimum Gasteiger partial charge on any atom is -0.363 e. The second-order valence-electron chi connectivity index (χ2n) is 6.25. The first-order chi connectivity index (χ1) is 10.6. The van der Waals surface area contributed by atoms with Crippen LogP contribution < -0.4 is 4.90 Å². The van der Waals surface area contributed by atoms with Crippen molar-refractivity contribution in [2.24, 2.45) is 0 Å². The number of hydrogen-bond donors (Lipinski definition) is 0. The molecule has 0 N–H and O–H groups in total. The van der Waals surface area contributed by atoms with Crippen molar-refractivity contribution in [2.75, 3.05) is 25.5 Å². The topological polar surface area (TPSA) is 58.3 Å². The predicted molar refractivity (Wildman–Crippen MR) is 85.7 cm³/mol. The van der Waals surface area contributed by atoms with E-state index >= 15 is 0 Å². The molecule has 2 aromatic rings. The van der Waals surface area contributed by atoms with Crippen LogP contribution in [0.2, 0.25) is 0 Å². The summed E-state index contributed by atoms with van der Waals surface area (Å²) in [6, 6.07) is 4.67. The fraction of sp³-hybridized carbons (Fsp3) is 0.562. The van der Waals surface area contributed by atoms with Crippen LogP contribution in [0.1, 0.15) is 38.6 Å². The maximum atomic E-state index is 5.52. The Morgan fingerprint density at radius 3 is 2.77 bits per heavy atom. The summed E-state index contributed by atoms with van der Waals surface area (Å²) in [7, 11) is 3.93. The van der Waals surface area contributed by atoms with E-state index in [1.165, 1.54) is 6.42 Å². The van der Waals surface area contributed by atoms with Gasteiger partial charge in [0.15, 0.2) is 0 Å². The molecule has 1 saturated heterocycles. The standard InChI is InChI=1S/C16H23N5O/c1-11(2)21-9-5-6-13(21)16-18-15(19-22-16)12-7-8-14(17-10-12)20(3)4/h7-8,10-11,13H,5-6,9H2,1-4H3/t13-/m0/s1. The first-order valence-corrected chi connectivity index (χ1v) is 7.79. The lowest BCUT2D eigenvalue weighted by atomic mass is 10.2. The first-order valence-electron chi connectivity index (χ1n) is 7.79. The molecule has 0 aliphatic carbocycles. The monoisotopic (exact) mass is 301 g/mol. The molecule has 6 nitrogen and oxygen atoms in total. The van der Waals surface area contributed by atoms with Crippen LogP contribution in [0, 0.1) is 0 Å². The second kappa shape index (κ2) is 6.04. The Morgan fingerprint density at radius 2 is 2.14 bits per heavy atom. The van der Waals surface area contributed by atoms with E-state index in [9.17, 15) is 0 Å². The van der Waals surface area contributed by atoms with Crippen molar-refractivity contribution in [1.29, 1.82) is 0 Å². The average molecular weight is 301 g/mol. The van der Waals surface area contributed by atoms with Gasteiger partial charge in [0.05, 0.1) is 6.04 Å². The summed E-state index contributed by atoms with van der Waals surface area (Å²) in [4.78, 5) is 13.4. The van der Waals surface area contributed by atoms with Gasteiger partial charge < -0.3 is 9.42 Å². The van der Waals surface area contributed by atoms with E-state index in [0.717, 1.165) is 30.2 Å². The number of likely N-dealkylation sites (tertiary alicyclic amines) is 1. The number of pyridine rings is 1. The minimum atomic E-state index is 0.246. The molecule has 1 aliphatic heterocycles. The lowest BCUT2D eigenvalue weighted by Gasteiger charge is -2.25. The Morgan fingerprint density at radius 1 is 1.32 bits per heavy atom. The quantitative estimate of drug-likeness (QED) is 0.865. The van der Waals surface area contributed by atoms with Crippen molar-refractivity contribution in [3.8, 4) is 11.4 Å². The molecule has 3 rings (SSSR count). The van der Waals surface area contributed by atoms with Crippen LogP contribution in [0.5, 0.6) is 0 Å². The SMILES string of the molecule is CC(C)N1CCC[C@H]1c1nc(-c2ccc(N(C)C)nc2)no1. The molecule has 0 aromatic carbocycles. The Hall–Kier alpha value is -1.95. The Bertz CT molecular complexity index is 620. The third kappa shape index (κ3) is 2.83. The molecule has 118 valence electrons. The third-order valence-electron chi connectivity index (χ3n) is 4.15. The van der Waals surface area contributed by atoms with Crippen LogP contribution in [0.25, 0.3) is 11.4 Å². The van der Waals surface area contributed by atoms with Crippen LogP contribution in [0.3, 0.4) is 0 Å². The van der Waals surface area contributed by atoms with Gasteiger partial charge in [-0.2, -0.15) is 4.98 Å². The van der Waals surface area contributed by atoms with Gasteiger partial charge in [-0.15, -0.1) is 0 Å². The van der Waals surface area contributed by atoms with E-state index in [0.29, 0.717) is 11.9 Å². The van der Waals surface area contributed by atoms with E-state index < -0.39 is 0 Å². The molecular formula is C16H23N5O. The summed E-state index contributed by atoms with van der Waals surface area (Å²) in [5, 5.41) is 4.13. The number of nitrogens with zero attached hydrogens (tertiary/aromatic N) is 5. The molecule has 2 aromatic heterocycles. The van der Waals surface area contributed by atoms with Crippen LogP contribution in [-0.2, 0) is 0 Å². The highest BCUT2D eigenvalue weighted by molar-refractivity contribution is 5.55. The highest BCUT2D eigenvalue weighted by Gasteiger charge is 2.32. The first kappa shape index (κ1) is 15.0. The number of anilines is 1. The van der Waals surface area contributed by atoms with Crippen LogP contribution in [0.4, 0.5) is 5.82 Å². The van der Waals surface area contributed by atoms with Crippen molar-refractivity contribution < 1.29 is 4.52 Å². The van der Waals surface area contributed by atoms with Gasteiger partial charge in [0.2, 0.25) is 11.7 Å². The van der Waals surface area contributed by atoms with E-state index in [1.54, 1.807) is 6.20 Å². The van der Waals surface area contributed by atoms with Crippen molar-refractivity contribution in [2.45, 2.75) is 38.8 Å². The zero-order valence-electron chi connectivity index (χ0n) is 13.7. The largest absolute Gasteiger partial charge is 0.363 e. The summed E-state index contributed by atoms with van der Waals surface area (Å²) in [5.41, 5.74) is 0.884. The molecule has 3 heterocycles. The highest BCUT2D eigenvalue weighted by atomic mass is 16.5. The van der Waals surface area contributed by atoms with Gasteiger partial charge in [0.1, 0.15) is 5.82 Å². The van der Waals surface area contributed by atoms with Gasteiger partial charge in [-0.3, -0.25) is 4.90 Å². The van der Waals surface area contributed by atoms with Gasteiger partial charge >= 0.3 is 0 Å². The molecule has 1 aliphatic rings. The fourth-order valence-corrected chi connectivity index (χ4v) is 2.94. The van der Waals surface area contributed by atoms with E-state index in [4.69, 9.17) is 4.52 Å². The second-order valence-corrected chi connectivity index (χ2v) is 6.25. The minimum absolute atomic E-state index is 0.246. The number of hydrogen-bond acceptors (Lipinski definition) is 6. The maximum Gasteiger partial charge on any atom is 0.244 e. The lowest BCUT2D eigenvalue weighted by molar-refractivity contribution is 0.170.